The van der Waals surface area contributed by atoms with Crippen LogP contribution in [0.15, 0.2) is 0 Å². The molecule has 0 amide bonds. The molecule has 0 atom stereocenters. The Bertz CT molecular complexity index is 528. The Hall–Kier alpha value is 0.422. The third-order valence-corrected chi connectivity index (χ3v) is 2.78. The molecule has 2 rings (SSSR count). The van der Waals surface area contributed by atoms with Crippen molar-refractivity contribution in [2.45, 2.75) is 12.8 Å². The molecule has 0 aliphatic carbocycles. The van der Waals surface area contributed by atoms with E-state index in [1.807, 2.05) is 0 Å². The maximum atomic E-state index is 8.52. The fourth-order valence-electron chi connectivity index (χ4n) is 1.86. The molecular weight excluding hydrogens is 734 g/mol. The van der Waals surface area contributed by atoms with E-state index in [0.717, 1.165) is 0 Å². The summed E-state index contributed by atoms with van der Waals surface area (Å²) in [6.07, 6.45) is 2.78. The van der Waals surface area contributed by atoms with Gasteiger partial charge in [-0.1, -0.05) is 0 Å². The molecule has 8 N–H and O–H groups in total. The Kier molecular flexibility index (Phi) is 39.6. The summed E-state index contributed by atoms with van der Waals surface area (Å²) in [6, 6.07) is 0. The van der Waals surface area contributed by atoms with Gasteiger partial charge in [0.2, 0.25) is 0 Å². The van der Waals surface area contributed by atoms with Crippen LogP contribution in [0.1, 0.15) is 12.8 Å². The van der Waals surface area contributed by atoms with Gasteiger partial charge in [-0.25, -0.2) is 0 Å². The maximum Gasteiger partial charge on any atom is 0.125 e. The normalized spacial score (nSPS) is 15.9. The summed E-state index contributed by atoms with van der Waals surface area (Å²) in [5, 5.41) is 9.57. The summed E-state index contributed by atoms with van der Waals surface area (Å²) in [5.41, 5.74) is 0. The zero-order valence-corrected chi connectivity index (χ0v) is 23.4. The molecule has 2 saturated heterocycles. The minimum Gasteiger partial charge on any atom is -2.00 e. The fourth-order valence-corrected chi connectivity index (χ4v) is 1.86. The van der Waals surface area contributed by atoms with Gasteiger partial charge in [0, 0.05) is 75.2 Å². The third kappa shape index (κ3) is 127. The van der Waals surface area contributed by atoms with E-state index in [-0.39, 0.29) is 42.1 Å². The van der Waals surface area contributed by atoms with Gasteiger partial charge >= 0.3 is 0 Å². The Morgan fingerprint density at radius 3 is 0.656 bits per heavy atom. The Morgan fingerprint density at radius 1 is 0.406 bits per heavy atom. The zero-order chi connectivity index (χ0) is 23.4. The van der Waals surface area contributed by atoms with E-state index in [4.69, 9.17) is 52.6 Å². The van der Waals surface area contributed by atoms with Crippen LogP contribution in [0.2, 0.25) is 0 Å². The SMILES string of the molecule is C1C[NH2+]CC[NH2+]C1.C1C[NH2+]CC[NH2+]C1.O=S(=O)([O-])[O-].O=S(=O)([O-])[O-].O=S(=O)([O-])[O-].[O-2].[O-2].[U]. The first kappa shape index (κ1) is 45.9. The molecule has 0 aromatic heterocycles. The summed E-state index contributed by atoms with van der Waals surface area (Å²) in [7, 11) is -15.5. The average molecular weight is 763 g/mol. The summed E-state index contributed by atoms with van der Waals surface area (Å²) < 4.78 is 102. The number of hydrogen-bond acceptors (Lipinski definition) is 12. The predicted octanol–water partition coefficient (Wildman–Crippen LogP) is -9.22. The first-order chi connectivity index (χ1) is 13.0. The van der Waals surface area contributed by atoms with Crippen LogP contribution in [0.25, 0.3) is 0 Å². The van der Waals surface area contributed by atoms with Crippen molar-refractivity contribution in [3.63, 3.8) is 0 Å². The summed E-state index contributed by atoms with van der Waals surface area (Å²) in [4.78, 5) is 0. The van der Waals surface area contributed by atoms with Gasteiger partial charge in [0.05, 0.1) is 26.2 Å². The summed E-state index contributed by atoms with van der Waals surface area (Å²) in [5.74, 6) is 0. The smallest absolute Gasteiger partial charge is 0.125 e. The van der Waals surface area contributed by atoms with Gasteiger partial charge < -0.3 is 59.5 Å². The fraction of sp³-hybridized carbons (Fsp3) is 1.00. The van der Waals surface area contributed by atoms with Crippen molar-refractivity contribution >= 4 is 31.2 Å². The van der Waals surface area contributed by atoms with Crippen molar-refractivity contribution in [2.24, 2.45) is 0 Å². The van der Waals surface area contributed by atoms with E-state index >= 15 is 0 Å². The second kappa shape index (κ2) is 27.7. The van der Waals surface area contributed by atoms with Gasteiger partial charge in [0.25, 0.3) is 0 Å². The standard InChI is InChI=1S/2C5H12N2.3H2O4S.2O.U/c2*1-2-6-4-5-7-3-1;3*1-5(2,3)4;;;/h2*6-7H,1-5H2;3*(H2,1,2,3,4);;;/q;;;;;2*-2;/p-2. The van der Waals surface area contributed by atoms with Crippen LogP contribution in [-0.4, -0.2) is 105 Å². The Labute approximate surface area is 211 Å². The molecule has 0 spiro atoms. The molecule has 22 heteroatoms. The van der Waals surface area contributed by atoms with Crippen LogP contribution in [0.5, 0.6) is 0 Å². The molecule has 2 aliphatic rings. The second-order valence-corrected chi connectivity index (χ2v) is 7.85. The topological polar surface area (TPSA) is 364 Å². The number of rotatable bonds is 0. The van der Waals surface area contributed by atoms with Crippen LogP contribution in [-0.2, 0) is 42.1 Å². The molecule has 0 unspecified atom stereocenters. The molecule has 0 radical (unpaired) electrons. The van der Waals surface area contributed by atoms with Crippen LogP contribution in [0.3, 0.4) is 0 Å². The van der Waals surface area contributed by atoms with Crippen molar-refractivity contribution in [2.75, 3.05) is 52.4 Å². The Balaban J connectivity index is -0.0000000653. The predicted molar refractivity (Wildman–Crippen MR) is 88.7 cm³/mol. The molecule has 0 bridgehead atoms. The molecule has 18 nitrogen and oxygen atoms in total. The second-order valence-electron chi connectivity index (χ2n) is 5.40. The van der Waals surface area contributed by atoms with Gasteiger partial charge in [-0.05, 0) is 0 Å². The van der Waals surface area contributed by atoms with Gasteiger partial charge in [0.15, 0.2) is 0 Å². The van der Waals surface area contributed by atoms with Gasteiger partial charge in [-0.3, -0.25) is 25.3 Å². The zero-order valence-electron chi connectivity index (χ0n) is 16.8. The molecule has 0 saturated carbocycles. The average Bonchev–Trinajstić information content (AvgIpc) is 2.93. The van der Waals surface area contributed by atoms with Crippen molar-refractivity contribution in [1.82, 2.24) is 0 Å². The monoisotopic (exact) mass is 762 g/mol. The maximum absolute atomic E-state index is 8.52. The van der Waals surface area contributed by atoms with E-state index in [1.165, 1.54) is 65.2 Å². The summed E-state index contributed by atoms with van der Waals surface area (Å²) in [6.45, 7) is 10.7. The van der Waals surface area contributed by atoms with Crippen LogP contribution < -0.4 is 21.3 Å². The van der Waals surface area contributed by atoms with Crippen LogP contribution in [0, 0.1) is 31.1 Å². The quantitative estimate of drug-likeness (QED) is 0.132. The number of nitrogens with two attached hydrogens (primary N) is 4. The number of hydrogen-bond donors (Lipinski definition) is 4. The van der Waals surface area contributed by atoms with E-state index in [1.54, 1.807) is 0 Å². The minimum absolute atomic E-state index is 0. The molecule has 32 heavy (non-hydrogen) atoms. The molecule has 200 valence electrons. The number of quaternary nitrogens is 4. The molecule has 2 fully saturated rings. The third-order valence-electron chi connectivity index (χ3n) is 2.78. The molecule has 0 aromatic carbocycles. The molecule has 2 aliphatic heterocycles. The van der Waals surface area contributed by atoms with E-state index in [0.29, 0.717) is 0 Å². The van der Waals surface area contributed by atoms with E-state index in [2.05, 4.69) is 21.3 Å². The van der Waals surface area contributed by atoms with E-state index in [9.17, 15) is 0 Å². The van der Waals surface area contributed by atoms with Crippen molar-refractivity contribution in [3.8, 4) is 0 Å². The first-order valence-corrected chi connectivity index (χ1v) is 12.3. The van der Waals surface area contributed by atoms with Crippen molar-refractivity contribution in [3.05, 3.63) is 0 Å². The van der Waals surface area contributed by atoms with Gasteiger partial charge in [-0.2, -0.15) is 0 Å². The first-order valence-electron chi connectivity index (χ1n) is 8.27. The van der Waals surface area contributed by atoms with Crippen molar-refractivity contribution < 1.29 is 116 Å². The van der Waals surface area contributed by atoms with Crippen LogP contribution >= 0.6 is 0 Å². The minimum atomic E-state index is -5.17. The largest absolute Gasteiger partial charge is 2.00 e. The van der Waals surface area contributed by atoms with E-state index < -0.39 is 31.2 Å². The van der Waals surface area contributed by atoms with Gasteiger partial charge in [0.1, 0.15) is 26.2 Å². The van der Waals surface area contributed by atoms with Crippen LogP contribution in [0.4, 0.5) is 0 Å². The molecular formula is C10H28N4O14S3U-6. The summed E-state index contributed by atoms with van der Waals surface area (Å²) >= 11 is 0. The van der Waals surface area contributed by atoms with Crippen molar-refractivity contribution in [1.29, 1.82) is 0 Å². The molecule has 0 aromatic rings. The molecule has 2 heterocycles. The Morgan fingerprint density at radius 2 is 0.531 bits per heavy atom. The van der Waals surface area contributed by atoms with Gasteiger partial charge in [-0.15, -0.1) is 0 Å².